The van der Waals surface area contributed by atoms with Crippen LogP contribution in [0, 0.1) is 46.3 Å². The molecule has 0 aromatic carbocycles. The van der Waals surface area contributed by atoms with Crippen LogP contribution < -0.4 is 0 Å². The van der Waals surface area contributed by atoms with Gasteiger partial charge >= 0.3 is 0 Å². The van der Waals surface area contributed by atoms with Crippen molar-refractivity contribution in [2.45, 2.75) is 159 Å². The lowest BCUT2D eigenvalue weighted by atomic mass is 9.45. The topological polar surface area (TPSA) is 219 Å². The average Bonchev–Trinajstić information content (AvgIpc) is 3.46. The summed E-state index contributed by atoms with van der Waals surface area (Å²) in [6.07, 6.45) is -10.6. The summed E-state index contributed by atoms with van der Waals surface area (Å²) in [5.74, 6) is 1.77. The van der Waals surface area contributed by atoms with Gasteiger partial charge in [0.1, 0.15) is 54.9 Å². The predicted octanol–water partition coefficient (Wildman–Crippen LogP) is 0.755. The van der Waals surface area contributed by atoms with Crippen LogP contribution in [0.2, 0.25) is 0 Å². The number of hydrogen-bond donors (Lipinski definition) is 9. The SMILES string of the molecule is C=C(CC[C@@H](C)[C@H]1CCC2C3C(CC[C@@]21C)[C@@]1(C)C[C@@H](O)[C@H](O)[C@H](O[C@@H]2OC[C@@H](O)[C@H](O)[C@H]2O[C@@H]2O[C@H](CO)[C@H](O)[C@H](O)[C@H]2O)C1=C[C@@H]3O)C(C)C. The summed E-state index contributed by atoms with van der Waals surface area (Å²) < 4.78 is 23.5. The molecule has 0 bridgehead atoms. The normalized spacial score (nSPS) is 51.3. The quantitative estimate of drug-likeness (QED) is 0.142. The predicted molar refractivity (Wildman–Crippen MR) is 187 cm³/mol. The summed E-state index contributed by atoms with van der Waals surface area (Å²) in [5, 5.41) is 97.2. The van der Waals surface area contributed by atoms with Gasteiger partial charge in [-0.3, -0.25) is 0 Å². The third-order valence-electron chi connectivity index (χ3n) is 14.5. The molecule has 3 unspecified atom stereocenters. The minimum absolute atomic E-state index is 0.00412. The Morgan fingerprint density at radius 1 is 0.865 bits per heavy atom. The molecule has 2 saturated heterocycles. The van der Waals surface area contributed by atoms with Crippen molar-refractivity contribution in [1.29, 1.82) is 0 Å². The van der Waals surface area contributed by atoms with E-state index in [4.69, 9.17) is 18.9 Å². The molecular weight excluding hydrogens is 676 g/mol. The average molecular weight is 741 g/mol. The van der Waals surface area contributed by atoms with Gasteiger partial charge in [-0.1, -0.05) is 52.8 Å². The minimum Gasteiger partial charge on any atom is -0.394 e. The number of hydrogen-bond acceptors (Lipinski definition) is 13. The van der Waals surface area contributed by atoms with Gasteiger partial charge in [-0.05, 0) is 96.9 Å². The molecule has 298 valence electrons. The molecule has 20 atom stereocenters. The maximum atomic E-state index is 12.0. The zero-order valence-corrected chi connectivity index (χ0v) is 31.3. The van der Waals surface area contributed by atoms with Gasteiger partial charge in [0.05, 0.1) is 25.4 Å². The monoisotopic (exact) mass is 740 g/mol. The summed E-state index contributed by atoms with van der Waals surface area (Å²) >= 11 is 0. The lowest BCUT2D eigenvalue weighted by Crippen LogP contribution is -2.64. The molecule has 13 nitrogen and oxygen atoms in total. The Hall–Kier alpha value is -1.04. The van der Waals surface area contributed by atoms with E-state index in [-0.39, 0.29) is 36.2 Å². The van der Waals surface area contributed by atoms with Gasteiger partial charge in [0, 0.05) is 0 Å². The van der Waals surface area contributed by atoms with E-state index < -0.39 is 91.7 Å². The summed E-state index contributed by atoms with van der Waals surface area (Å²) in [5.41, 5.74) is 1.34. The van der Waals surface area contributed by atoms with Crippen LogP contribution in [0.25, 0.3) is 0 Å². The zero-order valence-electron chi connectivity index (χ0n) is 31.3. The standard InChI is InChI=1S/C39H64O13/c1-17(2)18(3)7-8-19(4)20-9-10-21-28-22(11-12-38(20,21)5)39(6)14-25(42)29(44)34(23(39)13-24(28)41)51-37-35(30(45)26(43)16-49-37)52-36-33(48)32(47)31(46)27(15-40)50-36/h13,17,19-22,24-37,40-48H,3,7-12,14-16H2,1-2,4-6H3/t19-,20-,21?,22?,24+,25-,26-,27-,28?,29+,30+,31+,32+,33-,34-,35-,36+,37+,38-,39-/m1/s1. The maximum absolute atomic E-state index is 12.0. The van der Waals surface area contributed by atoms with E-state index in [0.29, 0.717) is 23.3 Å². The largest absolute Gasteiger partial charge is 0.394 e. The second-order valence-corrected chi connectivity index (χ2v) is 17.8. The number of rotatable bonds is 10. The Bertz CT molecular complexity index is 1290. The van der Waals surface area contributed by atoms with Crippen LogP contribution in [0.15, 0.2) is 23.8 Å². The molecule has 0 aromatic heterocycles. The molecule has 6 aliphatic rings. The first kappa shape index (κ1) is 40.6. The van der Waals surface area contributed by atoms with Crippen molar-refractivity contribution in [2.75, 3.05) is 13.2 Å². The zero-order chi connectivity index (χ0) is 38.0. The molecule has 2 heterocycles. The highest BCUT2D eigenvalue weighted by molar-refractivity contribution is 5.33. The molecule has 3 saturated carbocycles. The molecule has 5 fully saturated rings. The highest BCUT2D eigenvalue weighted by Crippen LogP contribution is 2.67. The van der Waals surface area contributed by atoms with Crippen LogP contribution in [-0.4, -0.2) is 139 Å². The minimum atomic E-state index is -1.79. The Morgan fingerprint density at radius 2 is 1.58 bits per heavy atom. The third kappa shape index (κ3) is 6.99. The van der Waals surface area contributed by atoms with E-state index in [1.165, 1.54) is 5.57 Å². The second-order valence-electron chi connectivity index (χ2n) is 17.8. The van der Waals surface area contributed by atoms with E-state index in [1.54, 1.807) is 6.08 Å². The van der Waals surface area contributed by atoms with Crippen molar-refractivity contribution in [1.82, 2.24) is 0 Å². The molecule has 0 spiro atoms. The highest BCUT2D eigenvalue weighted by Gasteiger charge is 2.64. The van der Waals surface area contributed by atoms with E-state index in [2.05, 4.69) is 41.2 Å². The van der Waals surface area contributed by atoms with Crippen LogP contribution in [0.1, 0.15) is 79.6 Å². The number of allylic oxidation sites excluding steroid dienone is 1. The molecule has 4 aliphatic carbocycles. The fourth-order valence-electron chi connectivity index (χ4n) is 11.3. The van der Waals surface area contributed by atoms with Crippen LogP contribution in [0.5, 0.6) is 0 Å². The van der Waals surface area contributed by atoms with Crippen LogP contribution >= 0.6 is 0 Å². The lowest BCUT2D eigenvalue weighted by Gasteiger charge is -2.61. The van der Waals surface area contributed by atoms with Crippen molar-refractivity contribution in [3.63, 3.8) is 0 Å². The molecular formula is C39H64O13. The van der Waals surface area contributed by atoms with Gasteiger partial charge < -0.3 is 64.9 Å². The van der Waals surface area contributed by atoms with Crippen LogP contribution in [0.3, 0.4) is 0 Å². The van der Waals surface area contributed by atoms with Crippen molar-refractivity contribution < 1.29 is 64.9 Å². The number of ether oxygens (including phenoxy) is 4. The fraction of sp³-hybridized carbons (Fsp3) is 0.897. The smallest absolute Gasteiger partial charge is 0.187 e. The fourth-order valence-corrected chi connectivity index (χ4v) is 11.3. The molecule has 0 aromatic rings. The molecule has 2 aliphatic heterocycles. The second kappa shape index (κ2) is 15.5. The summed E-state index contributed by atoms with van der Waals surface area (Å²) in [4.78, 5) is 0. The van der Waals surface area contributed by atoms with Crippen LogP contribution in [0.4, 0.5) is 0 Å². The molecule has 6 rings (SSSR count). The molecule has 52 heavy (non-hydrogen) atoms. The van der Waals surface area contributed by atoms with E-state index >= 15 is 0 Å². The number of aliphatic hydroxyl groups excluding tert-OH is 9. The Balaban J connectivity index is 1.24. The number of fused-ring (bicyclic) bond motifs is 5. The van der Waals surface area contributed by atoms with Crippen LogP contribution in [-0.2, 0) is 18.9 Å². The summed E-state index contributed by atoms with van der Waals surface area (Å²) in [6.45, 7) is 14.5. The van der Waals surface area contributed by atoms with E-state index in [1.807, 2.05) is 0 Å². The first-order valence-electron chi connectivity index (χ1n) is 19.5. The Morgan fingerprint density at radius 3 is 2.25 bits per heavy atom. The van der Waals surface area contributed by atoms with E-state index in [9.17, 15) is 46.0 Å². The first-order valence-corrected chi connectivity index (χ1v) is 19.5. The Kier molecular flexibility index (Phi) is 12.1. The summed E-state index contributed by atoms with van der Waals surface area (Å²) in [7, 11) is 0. The molecule has 0 amide bonds. The van der Waals surface area contributed by atoms with Crippen molar-refractivity contribution in [3.05, 3.63) is 23.8 Å². The van der Waals surface area contributed by atoms with Gasteiger partial charge in [-0.15, -0.1) is 0 Å². The molecule has 13 heteroatoms. The Labute approximate surface area is 307 Å². The van der Waals surface area contributed by atoms with Gasteiger partial charge in [0.15, 0.2) is 12.6 Å². The van der Waals surface area contributed by atoms with Crippen molar-refractivity contribution >= 4 is 0 Å². The maximum Gasteiger partial charge on any atom is 0.187 e. The van der Waals surface area contributed by atoms with Gasteiger partial charge in [-0.25, -0.2) is 0 Å². The van der Waals surface area contributed by atoms with E-state index in [0.717, 1.165) is 38.5 Å². The van der Waals surface area contributed by atoms with Crippen molar-refractivity contribution in [2.24, 2.45) is 46.3 Å². The summed E-state index contributed by atoms with van der Waals surface area (Å²) in [6, 6.07) is 0. The van der Waals surface area contributed by atoms with Gasteiger partial charge in [-0.2, -0.15) is 0 Å². The molecule has 9 N–H and O–H groups in total. The number of aliphatic hydroxyl groups is 9. The van der Waals surface area contributed by atoms with Gasteiger partial charge in [0.25, 0.3) is 0 Å². The first-order chi connectivity index (χ1) is 24.4. The third-order valence-corrected chi connectivity index (χ3v) is 14.5. The highest BCUT2D eigenvalue weighted by atomic mass is 16.8. The van der Waals surface area contributed by atoms with Crippen molar-refractivity contribution in [3.8, 4) is 0 Å². The lowest BCUT2D eigenvalue weighted by molar-refractivity contribution is -0.363. The molecule has 0 radical (unpaired) electrons. The van der Waals surface area contributed by atoms with Gasteiger partial charge in [0.2, 0.25) is 0 Å².